The van der Waals surface area contributed by atoms with Gasteiger partial charge in [0.05, 0.1) is 23.5 Å². The Hall–Kier alpha value is -2.47. The van der Waals surface area contributed by atoms with Crippen LogP contribution in [0.4, 0.5) is 11.4 Å². The van der Waals surface area contributed by atoms with Crippen molar-refractivity contribution in [2.45, 2.75) is 26.7 Å². The molecule has 0 bridgehead atoms. The topological polar surface area (TPSA) is 67.8 Å². The Labute approximate surface area is 160 Å². The van der Waals surface area contributed by atoms with E-state index in [1.165, 1.54) is 0 Å². The van der Waals surface area contributed by atoms with Crippen LogP contribution < -0.4 is 5.32 Å². The van der Waals surface area contributed by atoms with Crippen LogP contribution in [0.5, 0.6) is 0 Å². The molecule has 1 heterocycles. The Morgan fingerprint density at radius 1 is 1.23 bits per heavy atom. The van der Waals surface area contributed by atoms with Gasteiger partial charge < -0.3 is 10.1 Å². The van der Waals surface area contributed by atoms with Crippen LogP contribution in [-0.4, -0.2) is 24.2 Å². The van der Waals surface area contributed by atoms with Crippen molar-refractivity contribution < 1.29 is 14.3 Å². The SMILES string of the molecule is CCCCOC(=O)c1ccc(N=C2C(=O)Nc3c(C)cc(Br)cc32)cc1. The molecule has 0 aromatic heterocycles. The number of aryl methyl sites for hydroxylation is 1. The van der Waals surface area contributed by atoms with Crippen molar-refractivity contribution in [3.05, 3.63) is 57.6 Å². The molecule has 1 N–H and O–H groups in total. The van der Waals surface area contributed by atoms with Crippen molar-refractivity contribution in [3.63, 3.8) is 0 Å². The van der Waals surface area contributed by atoms with E-state index in [1.807, 2.05) is 26.0 Å². The lowest BCUT2D eigenvalue weighted by Gasteiger charge is -2.05. The molecule has 0 atom stereocenters. The number of rotatable bonds is 5. The average molecular weight is 415 g/mol. The largest absolute Gasteiger partial charge is 0.462 e. The zero-order valence-electron chi connectivity index (χ0n) is 14.6. The number of benzene rings is 2. The molecule has 1 aliphatic rings. The van der Waals surface area contributed by atoms with Crippen molar-refractivity contribution in [1.82, 2.24) is 0 Å². The second-order valence-corrected chi connectivity index (χ2v) is 7.01. The molecule has 1 amide bonds. The third-order valence-electron chi connectivity index (χ3n) is 4.08. The second-order valence-electron chi connectivity index (χ2n) is 6.10. The number of nitrogens with one attached hydrogen (secondary N) is 1. The Morgan fingerprint density at radius 3 is 2.65 bits per heavy atom. The Kier molecular flexibility index (Phi) is 5.52. The molecule has 5 nitrogen and oxygen atoms in total. The predicted octanol–water partition coefficient (Wildman–Crippen LogP) is 4.79. The van der Waals surface area contributed by atoms with Crippen molar-refractivity contribution in [2.24, 2.45) is 4.99 Å². The van der Waals surface area contributed by atoms with Gasteiger partial charge in [-0.2, -0.15) is 0 Å². The normalized spacial score (nSPS) is 14.3. The van der Waals surface area contributed by atoms with Crippen LogP contribution in [0, 0.1) is 6.92 Å². The number of fused-ring (bicyclic) bond motifs is 1. The second kappa shape index (κ2) is 7.83. The fourth-order valence-corrected chi connectivity index (χ4v) is 3.27. The minimum atomic E-state index is -0.346. The standard InChI is InChI=1S/C20H19BrN2O3/c1-3-4-9-26-20(25)13-5-7-15(8-6-13)22-18-16-11-14(21)10-12(2)17(16)23-19(18)24/h5-8,10-11H,3-4,9H2,1-2H3,(H,22,23,24). The number of esters is 1. The molecule has 0 aliphatic carbocycles. The first-order chi connectivity index (χ1) is 12.5. The zero-order chi connectivity index (χ0) is 18.7. The molecule has 0 spiro atoms. The lowest BCUT2D eigenvalue weighted by atomic mass is 10.1. The minimum absolute atomic E-state index is 0.232. The highest BCUT2D eigenvalue weighted by atomic mass is 79.9. The van der Waals surface area contributed by atoms with Gasteiger partial charge >= 0.3 is 5.97 Å². The molecular weight excluding hydrogens is 396 g/mol. The van der Waals surface area contributed by atoms with Gasteiger partial charge in [0.2, 0.25) is 0 Å². The maximum atomic E-state index is 12.3. The third-order valence-corrected chi connectivity index (χ3v) is 4.54. The van der Waals surface area contributed by atoms with Crippen molar-refractivity contribution in [3.8, 4) is 0 Å². The van der Waals surface area contributed by atoms with Gasteiger partial charge in [-0.15, -0.1) is 0 Å². The number of carbonyl (C=O) groups is 2. The number of anilines is 1. The predicted molar refractivity (Wildman–Crippen MR) is 105 cm³/mol. The van der Waals surface area contributed by atoms with E-state index < -0.39 is 0 Å². The number of ether oxygens (including phenoxy) is 1. The van der Waals surface area contributed by atoms with Crippen LogP contribution in [-0.2, 0) is 9.53 Å². The number of halogens is 1. The zero-order valence-corrected chi connectivity index (χ0v) is 16.2. The van der Waals surface area contributed by atoms with Gasteiger partial charge in [0, 0.05) is 10.0 Å². The number of hydrogen-bond acceptors (Lipinski definition) is 4. The Morgan fingerprint density at radius 2 is 1.96 bits per heavy atom. The molecule has 0 fully saturated rings. The lowest BCUT2D eigenvalue weighted by molar-refractivity contribution is -0.110. The lowest BCUT2D eigenvalue weighted by Crippen LogP contribution is -2.14. The van der Waals surface area contributed by atoms with Gasteiger partial charge in [-0.25, -0.2) is 9.79 Å². The van der Waals surface area contributed by atoms with E-state index in [1.54, 1.807) is 24.3 Å². The quantitative estimate of drug-likeness (QED) is 0.564. The summed E-state index contributed by atoms with van der Waals surface area (Å²) in [5.74, 6) is -0.578. The molecule has 6 heteroatoms. The van der Waals surface area contributed by atoms with E-state index >= 15 is 0 Å². The fourth-order valence-electron chi connectivity index (χ4n) is 2.70. The molecule has 2 aromatic carbocycles. The first-order valence-electron chi connectivity index (χ1n) is 8.47. The van der Waals surface area contributed by atoms with Crippen molar-refractivity contribution in [2.75, 3.05) is 11.9 Å². The highest BCUT2D eigenvalue weighted by molar-refractivity contribution is 9.10. The molecule has 0 unspecified atom stereocenters. The smallest absolute Gasteiger partial charge is 0.338 e. The number of aliphatic imine (C=N–C) groups is 1. The van der Waals surface area contributed by atoms with Crippen LogP contribution in [0.3, 0.4) is 0 Å². The monoisotopic (exact) mass is 414 g/mol. The van der Waals surface area contributed by atoms with Gasteiger partial charge in [0.15, 0.2) is 0 Å². The maximum Gasteiger partial charge on any atom is 0.338 e. The van der Waals surface area contributed by atoms with Gasteiger partial charge in [-0.1, -0.05) is 29.3 Å². The van der Waals surface area contributed by atoms with E-state index in [9.17, 15) is 9.59 Å². The Balaban J connectivity index is 1.83. The van der Waals surface area contributed by atoms with E-state index in [4.69, 9.17) is 4.74 Å². The van der Waals surface area contributed by atoms with Gasteiger partial charge in [-0.05, 0) is 55.3 Å². The average Bonchev–Trinajstić information content (AvgIpc) is 2.92. The summed E-state index contributed by atoms with van der Waals surface area (Å²) in [6.07, 6.45) is 1.82. The summed E-state index contributed by atoms with van der Waals surface area (Å²) in [6.45, 7) is 4.40. The van der Waals surface area contributed by atoms with Crippen LogP contribution in [0.15, 0.2) is 45.9 Å². The van der Waals surface area contributed by atoms with E-state index in [0.29, 0.717) is 23.6 Å². The molecule has 0 radical (unpaired) electrons. The summed E-state index contributed by atoms with van der Waals surface area (Å²) < 4.78 is 6.08. The first-order valence-corrected chi connectivity index (χ1v) is 9.26. The molecule has 0 saturated heterocycles. The highest BCUT2D eigenvalue weighted by Gasteiger charge is 2.27. The van der Waals surface area contributed by atoms with E-state index in [0.717, 1.165) is 34.1 Å². The molecule has 3 rings (SSSR count). The van der Waals surface area contributed by atoms with Gasteiger partial charge in [-0.3, -0.25) is 4.79 Å². The third kappa shape index (κ3) is 3.85. The van der Waals surface area contributed by atoms with Crippen LogP contribution in [0.25, 0.3) is 0 Å². The summed E-state index contributed by atoms with van der Waals surface area (Å²) in [5, 5.41) is 2.86. The summed E-state index contributed by atoms with van der Waals surface area (Å²) in [5.41, 5.74) is 3.96. The summed E-state index contributed by atoms with van der Waals surface area (Å²) >= 11 is 3.45. The molecule has 0 saturated carbocycles. The Bertz CT molecular complexity index is 889. The molecule has 134 valence electrons. The van der Waals surface area contributed by atoms with Crippen LogP contribution >= 0.6 is 15.9 Å². The van der Waals surface area contributed by atoms with Crippen molar-refractivity contribution in [1.29, 1.82) is 0 Å². The summed E-state index contributed by atoms with van der Waals surface area (Å²) in [7, 11) is 0. The van der Waals surface area contributed by atoms with E-state index in [2.05, 4.69) is 26.2 Å². The molecular formula is C20H19BrN2O3. The van der Waals surface area contributed by atoms with Crippen LogP contribution in [0.1, 0.15) is 41.3 Å². The number of nitrogens with zero attached hydrogens (tertiary/aromatic N) is 1. The number of amides is 1. The number of carbonyl (C=O) groups excluding carboxylic acids is 2. The number of unbranched alkanes of at least 4 members (excludes halogenated alkanes) is 1. The number of hydrogen-bond donors (Lipinski definition) is 1. The fraction of sp³-hybridized carbons (Fsp3) is 0.250. The first kappa shape index (κ1) is 18.3. The minimum Gasteiger partial charge on any atom is -0.462 e. The van der Waals surface area contributed by atoms with E-state index in [-0.39, 0.29) is 11.9 Å². The highest BCUT2D eigenvalue weighted by Crippen LogP contribution is 2.32. The van der Waals surface area contributed by atoms with Gasteiger partial charge in [0.1, 0.15) is 5.71 Å². The molecule has 26 heavy (non-hydrogen) atoms. The molecule has 1 aliphatic heterocycles. The summed E-state index contributed by atoms with van der Waals surface area (Å²) in [4.78, 5) is 28.7. The van der Waals surface area contributed by atoms with Crippen LogP contribution in [0.2, 0.25) is 0 Å². The summed E-state index contributed by atoms with van der Waals surface area (Å²) in [6, 6.07) is 10.6. The van der Waals surface area contributed by atoms with Gasteiger partial charge in [0.25, 0.3) is 5.91 Å². The van der Waals surface area contributed by atoms with Crippen molar-refractivity contribution >= 4 is 44.9 Å². The maximum absolute atomic E-state index is 12.3. The molecule has 2 aromatic rings.